The summed E-state index contributed by atoms with van der Waals surface area (Å²) in [5.74, 6) is 0.0820. The highest BCUT2D eigenvalue weighted by molar-refractivity contribution is 5.78. The van der Waals surface area contributed by atoms with Gasteiger partial charge in [-0.25, -0.2) is 4.39 Å². The van der Waals surface area contributed by atoms with Gasteiger partial charge in [0.25, 0.3) is 0 Å². The molecule has 0 unspecified atom stereocenters. The van der Waals surface area contributed by atoms with Crippen LogP contribution in [0.25, 0.3) is 0 Å². The van der Waals surface area contributed by atoms with E-state index in [1.165, 1.54) is 30.9 Å². The Morgan fingerprint density at radius 1 is 1.13 bits per heavy atom. The Morgan fingerprint density at radius 3 is 2.74 bits per heavy atom. The summed E-state index contributed by atoms with van der Waals surface area (Å²) in [6.07, 6.45) is 9.89. The number of aromatic nitrogens is 1. The number of nitrogens with zero attached hydrogens (tertiary/aromatic N) is 3. The van der Waals surface area contributed by atoms with Gasteiger partial charge in [0.05, 0.1) is 6.04 Å². The average molecular weight is 425 g/mol. The number of halogens is 1. The highest BCUT2D eigenvalue weighted by Gasteiger charge is 2.34. The SMILES string of the molecule is O=C1CC[C@@H](CCNCc2ccccc2F)N1C[C@@H](c1cccnc1)N1CCCCC1. The second-order valence-corrected chi connectivity index (χ2v) is 8.69. The molecule has 2 atom stereocenters. The number of pyridine rings is 1. The van der Waals surface area contributed by atoms with E-state index in [4.69, 9.17) is 0 Å². The molecule has 1 N–H and O–H groups in total. The van der Waals surface area contributed by atoms with E-state index in [1.54, 1.807) is 6.07 Å². The first-order valence-electron chi connectivity index (χ1n) is 11.6. The zero-order valence-electron chi connectivity index (χ0n) is 18.2. The van der Waals surface area contributed by atoms with Crippen molar-refractivity contribution in [2.45, 2.75) is 57.2 Å². The molecule has 5 nitrogen and oxygen atoms in total. The lowest BCUT2D eigenvalue weighted by atomic mass is 10.0. The van der Waals surface area contributed by atoms with E-state index in [0.29, 0.717) is 18.5 Å². The number of amides is 1. The molecule has 4 rings (SSSR count). The summed E-state index contributed by atoms with van der Waals surface area (Å²) in [7, 11) is 0. The molecule has 2 aliphatic heterocycles. The lowest BCUT2D eigenvalue weighted by Gasteiger charge is -2.38. The van der Waals surface area contributed by atoms with Gasteiger partial charge in [-0.05, 0) is 63.0 Å². The predicted octanol–water partition coefficient (Wildman–Crippen LogP) is 3.92. The van der Waals surface area contributed by atoms with Crippen LogP contribution in [0.2, 0.25) is 0 Å². The van der Waals surface area contributed by atoms with Gasteiger partial charge >= 0.3 is 0 Å². The van der Waals surface area contributed by atoms with E-state index in [-0.39, 0.29) is 23.8 Å². The molecule has 2 aliphatic rings. The third kappa shape index (κ3) is 5.69. The molecular weight excluding hydrogens is 391 g/mol. The molecule has 0 aliphatic carbocycles. The van der Waals surface area contributed by atoms with Gasteiger partial charge in [0.1, 0.15) is 5.82 Å². The average Bonchev–Trinajstić information content (AvgIpc) is 3.16. The summed E-state index contributed by atoms with van der Waals surface area (Å²) in [6, 6.07) is 11.4. The van der Waals surface area contributed by atoms with E-state index < -0.39 is 0 Å². The summed E-state index contributed by atoms with van der Waals surface area (Å²) in [5, 5.41) is 3.35. The standard InChI is InChI=1S/C25H33FN4O/c26-23-9-3-2-7-20(23)17-28-14-12-22-10-11-25(31)30(22)19-24(21-8-6-13-27-18-21)29-15-4-1-5-16-29/h2-3,6-9,13,18,22,24,28H,1,4-5,10-12,14-17,19H2/t22-,24-/m0/s1. The number of likely N-dealkylation sites (tertiary alicyclic amines) is 2. The number of rotatable bonds is 9. The van der Waals surface area contributed by atoms with E-state index in [0.717, 1.165) is 39.0 Å². The number of hydrogen-bond donors (Lipinski definition) is 1. The number of carbonyl (C=O) groups excluding carboxylic acids is 1. The van der Waals surface area contributed by atoms with Gasteiger partial charge in [-0.3, -0.25) is 14.7 Å². The topological polar surface area (TPSA) is 48.5 Å². The fourth-order valence-corrected chi connectivity index (χ4v) is 4.90. The maximum Gasteiger partial charge on any atom is 0.222 e. The minimum Gasteiger partial charge on any atom is -0.338 e. The van der Waals surface area contributed by atoms with Gasteiger partial charge in [0.15, 0.2) is 0 Å². The Morgan fingerprint density at radius 2 is 1.97 bits per heavy atom. The fourth-order valence-electron chi connectivity index (χ4n) is 4.90. The maximum atomic E-state index is 13.8. The van der Waals surface area contributed by atoms with Crippen LogP contribution in [0.1, 0.15) is 55.7 Å². The molecule has 1 aromatic heterocycles. The Bertz CT molecular complexity index is 840. The molecule has 2 saturated heterocycles. The first kappa shape index (κ1) is 21.9. The molecular formula is C25H33FN4O. The van der Waals surface area contributed by atoms with Crippen LogP contribution in [-0.2, 0) is 11.3 Å². The van der Waals surface area contributed by atoms with Crippen molar-refractivity contribution in [2.24, 2.45) is 0 Å². The van der Waals surface area contributed by atoms with Crippen molar-refractivity contribution < 1.29 is 9.18 Å². The Kier molecular flexibility index (Phi) is 7.65. The van der Waals surface area contributed by atoms with Crippen molar-refractivity contribution in [3.05, 3.63) is 65.7 Å². The number of piperidine rings is 1. The molecule has 2 aromatic rings. The van der Waals surface area contributed by atoms with Crippen LogP contribution in [0.4, 0.5) is 4.39 Å². The van der Waals surface area contributed by atoms with Crippen LogP contribution < -0.4 is 5.32 Å². The lowest BCUT2D eigenvalue weighted by molar-refractivity contribution is -0.130. The zero-order valence-corrected chi connectivity index (χ0v) is 18.2. The smallest absolute Gasteiger partial charge is 0.222 e. The minimum atomic E-state index is -0.173. The molecule has 1 aromatic carbocycles. The van der Waals surface area contributed by atoms with Crippen LogP contribution in [0, 0.1) is 5.82 Å². The number of carbonyl (C=O) groups is 1. The molecule has 3 heterocycles. The molecule has 0 bridgehead atoms. The molecule has 1 amide bonds. The van der Waals surface area contributed by atoms with E-state index in [2.05, 4.69) is 26.2 Å². The molecule has 0 saturated carbocycles. The first-order chi connectivity index (χ1) is 15.2. The summed E-state index contributed by atoms with van der Waals surface area (Å²) >= 11 is 0. The summed E-state index contributed by atoms with van der Waals surface area (Å²) in [4.78, 5) is 21.7. The van der Waals surface area contributed by atoms with E-state index in [9.17, 15) is 9.18 Å². The Labute approximate surface area is 184 Å². The zero-order chi connectivity index (χ0) is 21.5. The van der Waals surface area contributed by atoms with Gasteiger partial charge in [-0.2, -0.15) is 0 Å². The Balaban J connectivity index is 1.37. The number of hydrogen-bond acceptors (Lipinski definition) is 4. The van der Waals surface area contributed by atoms with Crippen LogP contribution >= 0.6 is 0 Å². The van der Waals surface area contributed by atoms with Gasteiger partial charge in [0.2, 0.25) is 5.91 Å². The second-order valence-electron chi connectivity index (χ2n) is 8.69. The van der Waals surface area contributed by atoms with Crippen molar-refractivity contribution in [2.75, 3.05) is 26.2 Å². The molecule has 2 fully saturated rings. The lowest BCUT2D eigenvalue weighted by Crippen LogP contribution is -2.44. The molecule has 166 valence electrons. The largest absolute Gasteiger partial charge is 0.338 e. The summed E-state index contributed by atoms with van der Waals surface area (Å²) in [6.45, 7) is 4.17. The normalized spacial score (nSPS) is 20.9. The first-order valence-corrected chi connectivity index (χ1v) is 11.6. The van der Waals surface area contributed by atoms with Gasteiger partial charge in [-0.15, -0.1) is 0 Å². The molecule has 6 heteroatoms. The summed E-state index contributed by atoms with van der Waals surface area (Å²) < 4.78 is 13.8. The molecule has 0 radical (unpaired) electrons. The van der Waals surface area contributed by atoms with Crippen LogP contribution in [0.3, 0.4) is 0 Å². The van der Waals surface area contributed by atoms with Crippen molar-refractivity contribution in [3.63, 3.8) is 0 Å². The maximum absolute atomic E-state index is 13.8. The third-order valence-corrected chi connectivity index (χ3v) is 6.65. The van der Waals surface area contributed by atoms with Crippen LogP contribution in [-0.4, -0.2) is 52.9 Å². The number of nitrogens with one attached hydrogen (secondary N) is 1. The van der Waals surface area contributed by atoms with Crippen LogP contribution in [0.5, 0.6) is 0 Å². The third-order valence-electron chi connectivity index (χ3n) is 6.65. The molecule has 31 heavy (non-hydrogen) atoms. The fraction of sp³-hybridized carbons (Fsp3) is 0.520. The van der Waals surface area contributed by atoms with Gasteiger partial charge in [0, 0.05) is 43.5 Å². The minimum absolute atomic E-state index is 0.173. The van der Waals surface area contributed by atoms with Gasteiger partial charge in [-0.1, -0.05) is 30.7 Å². The van der Waals surface area contributed by atoms with Crippen molar-refractivity contribution >= 4 is 5.91 Å². The summed E-state index contributed by atoms with van der Waals surface area (Å²) in [5.41, 5.74) is 1.88. The van der Waals surface area contributed by atoms with Crippen molar-refractivity contribution in [1.82, 2.24) is 20.1 Å². The van der Waals surface area contributed by atoms with Crippen molar-refractivity contribution in [3.8, 4) is 0 Å². The predicted molar refractivity (Wildman–Crippen MR) is 120 cm³/mol. The van der Waals surface area contributed by atoms with Crippen molar-refractivity contribution in [1.29, 1.82) is 0 Å². The number of benzene rings is 1. The highest BCUT2D eigenvalue weighted by atomic mass is 19.1. The Hall–Kier alpha value is -2.31. The quantitative estimate of drug-likeness (QED) is 0.620. The van der Waals surface area contributed by atoms with E-state index >= 15 is 0 Å². The van der Waals surface area contributed by atoms with Gasteiger partial charge < -0.3 is 10.2 Å². The molecule has 0 spiro atoms. The monoisotopic (exact) mass is 424 g/mol. The van der Waals surface area contributed by atoms with E-state index in [1.807, 2.05) is 30.6 Å². The van der Waals surface area contributed by atoms with Crippen LogP contribution in [0.15, 0.2) is 48.8 Å². The highest BCUT2D eigenvalue weighted by Crippen LogP contribution is 2.29. The second kappa shape index (κ2) is 10.8.